The molecule has 0 unspecified atom stereocenters. The lowest BCUT2D eigenvalue weighted by Gasteiger charge is -2.10. The summed E-state index contributed by atoms with van der Waals surface area (Å²) in [6, 6.07) is 12.2. The van der Waals surface area contributed by atoms with Gasteiger partial charge in [-0.3, -0.25) is 9.52 Å². The number of nitrogens with one attached hydrogen (secondary N) is 2. The summed E-state index contributed by atoms with van der Waals surface area (Å²) in [6.07, 6.45) is 2.81. The van der Waals surface area contributed by atoms with Gasteiger partial charge in [0, 0.05) is 17.4 Å². The third-order valence-electron chi connectivity index (χ3n) is 4.49. The van der Waals surface area contributed by atoms with E-state index >= 15 is 0 Å². The number of hydrogen-bond acceptors (Lipinski definition) is 7. The summed E-state index contributed by atoms with van der Waals surface area (Å²) < 4.78 is 32.8. The molecule has 0 aliphatic carbocycles. The number of aromatic nitrogens is 3. The number of carbonyl (C=O) groups is 1. The number of nitrogens with zero attached hydrogens (tertiary/aromatic N) is 2. The summed E-state index contributed by atoms with van der Waals surface area (Å²) >= 11 is 0. The molecule has 0 spiro atoms. The van der Waals surface area contributed by atoms with E-state index in [0.29, 0.717) is 22.3 Å². The Balaban J connectivity index is 1.64. The van der Waals surface area contributed by atoms with E-state index in [1.807, 2.05) is 0 Å². The standard InChI is InChI=1S/C20H17N5O4S/c1-29-14-5-7-15(8-6-14)30(27,28)25-13-4-2-3-12(9-13)18(26)16-10-22-20-17(16)19(21)23-11-24-20/h2-11,25H,1H3,(H3,21,22,23,24). The van der Waals surface area contributed by atoms with Gasteiger partial charge in [-0.25, -0.2) is 18.4 Å². The van der Waals surface area contributed by atoms with E-state index in [0.717, 1.165) is 0 Å². The lowest BCUT2D eigenvalue weighted by Crippen LogP contribution is -2.13. The van der Waals surface area contributed by atoms with Gasteiger partial charge in [-0.15, -0.1) is 0 Å². The average Bonchev–Trinajstić information content (AvgIpc) is 3.19. The van der Waals surface area contributed by atoms with Crippen LogP contribution in [0, 0.1) is 0 Å². The van der Waals surface area contributed by atoms with Gasteiger partial charge in [0.25, 0.3) is 10.0 Å². The van der Waals surface area contributed by atoms with E-state index in [4.69, 9.17) is 10.5 Å². The molecule has 2 aromatic heterocycles. The van der Waals surface area contributed by atoms with Gasteiger partial charge < -0.3 is 15.5 Å². The van der Waals surface area contributed by atoms with Crippen LogP contribution in [0.5, 0.6) is 5.75 Å². The lowest BCUT2D eigenvalue weighted by molar-refractivity contribution is 0.104. The Bertz CT molecular complexity index is 1350. The molecule has 0 saturated heterocycles. The van der Waals surface area contributed by atoms with E-state index in [-0.39, 0.29) is 27.7 Å². The van der Waals surface area contributed by atoms with Gasteiger partial charge in [0.05, 0.1) is 23.0 Å². The van der Waals surface area contributed by atoms with Crippen LogP contribution >= 0.6 is 0 Å². The SMILES string of the molecule is COc1ccc(S(=O)(=O)Nc2cccc(C(=O)c3c[nH]c4ncnc(N)c34)c2)cc1. The van der Waals surface area contributed by atoms with E-state index in [1.54, 1.807) is 30.3 Å². The highest BCUT2D eigenvalue weighted by atomic mass is 32.2. The monoisotopic (exact) mass is 423 g/mol. The van der Waals surface area contributed by atoms with Gasteiger partial charge in [-0.05, 0) is 36.4 Å². The smallest absolute Gasteiger partial charge is 0.261 e. The molecule has 4 aromatic rings. The lowest BCUT2D eigenvalue weighted by atomic mass is 10.0. The van der Waals surface area contributed by atoms with Crippen molar-refractivity contribution in [2.45, 2.75) is 4.90 Å². The summed E-state index contributed by atoms with van der Waals surface area (Å²) in [7, 11) is -2.34. The molecular formula is C20H17N5O4S. The van der Waals surface area contributed by atoms with Crippen LogP contribution in [-0.4, -0.2) is 36.3 Å². The first-order chi connectivity index (χ1) is 14.4. The maximum absolute atomic E-state index is 13.0. The fourth-order valence-corrected chi connectivity index (χ4v) is 4.06. The number of benzene rings is 2. The van der Waals surface area contributed by atoms with Crippen molar-refractivity contribution in [2.24, 2.45) is 0 Å². The second-order valence-electron chi connectivity index (χ2n) is 6.38. The Labute approximate surface area is 172 Å². The molecule has 0 aliphatic rings. The van der Waals surface area contributed by atoms with Crippen LogP contribution in [0.15, 0.2) is 66.0 Å². The second-order valence-corrected chi connectivity index (χ2v) is 8.06. The first-order valence-electron chi connectivity index (χ1n) is 8.78. The summed E-state index contributed by atoms with van der Waals surface area (Å²) in [5.74, 6) is 0.387. The van der Waals surface area contributed by atoms with Gasteiger partial charge >= 0.3 is 0 Å². The first kappa shape index (κ1) is 19.4. The Hall–Kier alpha value is -3.92. The third kappa shape index (κ3) is 3.55. The largest absolute Gasteiger partial charge is 0.497 e. The number of H-pyrrole nitrogens is 1. The molecule has 9 nitrogen and oxygen atoms in total. The minimum Gasteiger partial charge on any atom is -0.497 e. The number of aromatic amines is 1. The zero-order valence-electron chi connectivity index (χ0n) is 15.8. The molecule has 0 saturated carbocycles. The quantitative estimate of drug-likeness (QED) is 0.405. The minimum atomic E-state index is -3.84. The van der Waals surface area contributed by atoms with Crippen molar-refractivity contribution in [3.05, 3.63) is 72.2 Å². The average molecular weight is 423 g/mol. The number of hydrogen-bond donors (Lipinski definition) is 3. The molecule has 0 aliphatic heterocycles. The fraction of sp³-hybridized carbons (Fsp3) is 0.0500. The van der Waals surface area contributed by atoms with Crippen molar-refractivity contribution in [1.29, 1.82) is 0 Å². The maximum atomic E-state index is 13.0. The highest BCUT2D eigenvalue weighted by molar-refractivity contribution is 7.92. The Morgan fingerprint density at radius 1 is 1.13 bits per heavy atom. The predicted octanol–water partition coefficient (Wildman–Crippen LogP) is 2.58. The van der Waals surface area contributed by atoms with Crippen LogP contribution in [-0.2, 0) is 10.0 Å². The zero-order chi connectivity index (χ0) is 21.3. The van der Waals surface area contributed by atoms with E-state index in [1.165, 1.54) is 37.8 Å². The highest BCUT2D eigenvalue weighted by Crippen LogP contribution is 2.25. The number of nitrogens with two attached hydrogens (primary N) is 1. The second kappa shape index (κ2) is 7.48. The van der Waals surface area contributed by atoms with Gasteiger partial charge in [-0.1, -0.05) is 12.1 Å². The highest BCUT2D eigenvalue weighted by Gasteiger charge is 2.19. The minimum absolute atomic E-state index is 0.0709. The number of anilines is 2. The molecule has 0 atom stereocenters. The number of nitrogen functional groups attached to an aromatic ring is 1. The van der Waals surface area contributed by atoms with Crippen LogP contribution in [0.1, 0.15) is 15.9 Å². The van der Waals surface area contributed by atoms with E-state index < -0.39 is 10.0 Å². The molecule has 30 heavy (non-hydrogen) atoms. The van der Waals surface area contributed by atoms with Crippen molar-refractivity contribution in [3.8, 4) is 5.75 Å². The molecule has 4 rings (SSSR count). The summed E-state index contributed by atoms with van der Waals surface area (Å²) in [6.45, 7) is 0. The number of carbonyl (C=O) groups excluding carboxylic acids is 1. The predicted molar refractivity (Wildman–Crippen MR) is 112 cm³/mol. The molecule has 0 fully saturated rings. The maximum Gasteiger partial charge on any atom is 0.261 e. The van der Waals surface area contributed by atoms with Gasteiger partial charge in [0.2, 0.25) is 0 Å². The van der Waals surface area contributed by atoms with Crippen LogP contribution < -0.4 is 15.2 Å². The van der Waals surface area contributed by atoms with Crippen molar-refractivity contribution >= 4 is 38.3 Å². The van der Waals surface area contributed by atoms with Crippen molar-refractivity contribution in [2.75, 3.05) is 17.6 Å². The Kier molecular flexibility index (Phi) is 4.84. The Morgan fingerprint density at radius 2 is 1.90 bits per heavy atom. The molecule has 152 valence electrons. The number of ketones is 1. The normalized spacial score (nSPS) is 11.4. The number of ether oxygens (including phenoxy) is 1. The van der Waals surface area contributed by atoms with Crippen molar-refractivity contribution in [1.82, 2.24) is 15.0 Å². The summed E-state index contributed by atoms with van der Waals surface area (Å²) in [5.41, 5.74) is 7.18. The van der Waals surface area contributed by atoms with Gasteiger partial charge in [0.15, 0.2) is 5.78 Å². The number of fused-ring (bicyclic) bond motifs is 1. The van der Waals surface area contributed by atoms with Crippen LogP contribution in [0.2, 0.25) is 0 Å². The molecular weight excluding hydrogens is 406 g/mol. The van der Waals surface area contributed by atoms with E-state index in [9.17, 15) is 13.2 Å². The number of rotatable bonds is 6. The fourth-order valence-electron chi connectivity index (χ4n) is 3.01. The molecule has 2 heterocycles. The van der Waals surface area contributed by atoms with Crippen molar-refractivity contribution < 1.29 is 17.9 Å². The zero-order valence-corrected chi connectivity index (χ0v) is 16.6. The third-order valence-corrected chi connectivity index (χ3v) is 5.89. The molecule has 0 radical (unpaired) electrons. The van der Waals surface area contributed by atoms with Crippen molar-refractivity contribution in [3.63, 3.8) is 0 Å². The molecule has 2 aromatic carbocycles. The number of methoxy groups -OCH3 is 1. The van der Waals surface area contributed by atoms with E-state index in [2.05, 4.69) is 19.7 Å². The Morgan fingerprint density at radius 3 is 2.63 bits per heavy atom. The molecule has 10 heteroatoms. The van der Waals surface area contributed by atoms with Crippen LogP contribution in [0.25, 0.3) is 11.0 Å². The molecule has 4 N–H and O–H groups in total. The summed E-state index contributed by atoms with van der Waals surface area (Å²) in [5, 5.41) is 0.423. The van der Waals surface area contributed by atoms with Crippen LogP contribution in [0.4, 0.5) is 11.5 Å². The number of sulfonamides is 1. The van der Waals surface area contributed by atoms with Gasteiger partial charge in [0.1, 0.15) is 23.5 Å². The van der Waals surface area contributed by atoms with Gasteiger partial charge in [-0.2, -0.15) is 0 Å². The molecule has 0 amide bonds. The first-order valence-corrected chi connectivity index (χ1v) is 10.3. The van der Waals surface area contributed by atoms with Crippen LogP contribution in [0.3, 0.4) is 0 Å². The summed E-state index contributed by atoms with van der Waals surface area (Å²) in [4.78, 5) is 23.9. The molecule has 0 bridgehead atoms. The topological polar surface area (TPSA) is 140 Å².